The maximum absolute atomic E-state index is 6.96. The highest BCUT2D eigenvalue weighted by Gasteiger charge is 2.38. The van der Waals surface area contributed by atoms with E-state index in [0.29, 0.717) is 5.02 Å². The number of hydrogen-bond acceptors (Lipinski definition) is 3. The molecular weight excluding hydrogens is 788 g/mol. The molecule has 1 aliphatic carbocycles. The molecule has 0 unspecified atom stereocenters. The van der Waals surface area contributed by atoms with Crippen LogP contribution in [0.3, 0.4) is 0 Å². The number of rotatable bonds is 7. The summed E-state index contributed by atoms with van der Waals surface area (Å²) in [6, 6.07) is 53.4. The Morgan fingerprint density at radius 2 is 1.13 bits per heavy atom. The molecule has 0 saturated heterocycles. The van der Waals surface area contributed by atoms with Crippen LogP contribution in [0, 0.1) is 6.92 Å². The third-order valence-electron chi connectivity index (χ3n) is 13.5. The molecule has 0 spiro atoms. The quantitative estimate of drug-likeness (QED) is 0.159. The van der Waals surface area contributed by atoms with Crippen LogP contribution in [-0.4, -0.2) is 0 Å². The normalized spacial score (nSPS) is 14.8. The fourth-order valence-corrected chi connectivity index (χ4v) is 9.84. The number of aryl methyl sites for hydroxylation is 1. The van der Waals surface area contributed by atoms with Gasteiger partial charge in [-0.25, -0.2) is 0 Å². The third kappa shape index (κ3) is 7.95. The number of benzene rings is 7. The molecule has 9 rings (SSSR count). The maximum Gasteiger partial charge on any atom is 0.159 e. The van der Waals surface area contributed by atoms with E-state index in [1.807, 2.05) is 12.1 Å². The zero-order chi connectivity index (χ0) is 44.6. The van der Waals surface area contributed by atoms with Gasteiger partial charge in [0.1, 0.15) is 5.58 Å². The van der Waals surface area contributed by atoms with Crippen LogP contribution in [0.2, 0.25) is 5.02 Å². The number of halogens is 1. The van der Waals surface area contributed by atoms with E-state index < -0.39 is 0 Å². The van der Waals surface area contributed by atoms with Gasteiger partial charge in [-0.3, -0.25) is 0 Å². The largest absolute Gasteiger partial charge is 0.454 e. The minimum atomic E-state index is -0.0371. The first-order valence-corrected chi connectivity index (χ1v) is 22.9. The van der Waals surface area contributed by atoms with Crippen LogP contribution in [0.1, 0.15) is 110 Å². The second kappa shape index (κ2) is 15.5. The molecule has 0 saturated carbocycles. The van der Waals surface area contributed by atoms with Crippen molar-refractivity contribution < 1.29 is 4.42 Å². The summed E-state index contributed by atoms with van der Waals surface area (Å²) < 4.78 is 6.96. The number of para-hydroxylation sites is 1. The van der Waals surface area contributed by atoms with Gasteiger partial charge >= 0.3 is 0 Å². The Morgan fingerprint density at radius 1 is 0.508 bits per heavy atom. The number of hydrogen-bond donors (Lipinski definition) is 0. The van der Waals surface area contributed by atoms with Crippen LogP contribution in [-0.2, 0) is 21.7 Å². The van der Waals surface area contributed by atoms with Crippen molar-refractivity contribution in [3.63, 3.8) is 0 Å². The highest BCUT2D eigenvalue weighted by Crippen LogP contribution is 2.51. The van der Waals surface area contributed by atoms with Crippen molar-refractivity contribution in [1.29, 1.82) is 0 Å². The molecule has 0 radical (unpaired) electrons. The Morgan fingerprint density at radius 3 is 1.81 bits per heavy atom. The SMILES string of the molecule is Cc1cc(N(c2cccc(Cl)c2)c2ccc(C(C)(C)C)cc2-c2ccccc2)cc(N(c2ccc3c(c2)C(C)(C)CCC3(C)C)c2cccc3c2oc2ccc(C(C)(C)C)cc23)c1. The van der Waals surface area contributed by atoms with E-state index in [9.17, 15) is 0 Å². The van der Waals surface area contributed by atoms with Gasteiger partial charge in [-0.2, -0.15) is 0 Å². The average Bonchev–Trinajstić information content (AvgIpc) is 3.61. The summed E-state index contributed by atoms with van der Waals surface area (Å²) in [4.78, 5) is 4.81. The number of anilines is 6. The lowest BCUT2D eigenvalue weighted by atomic mass is 9.63. The molecule has 7 aromatic carbocycles. The van der Waals surface area contributed by atoms with Crippen molar-refractivity contribution in [2.75, 3.05) is 9.80 Å². The summed E-state index contributed by atoms with van der Waals surface area (Å²) in [5.74, 6) is 0. The second-order valence-corrected chi connectivity index (χ2v) is 21.7. The van der Waals surface area contributed by atoms with Gasteiger partial charge in [-0.1, -0.05) is 148 Å². The van der Waals surface area contributed by atoms with Gasteiger partial charge < -0.3 is 14.2 Å². The monoisotopic (exact) mass is 848 g/mol. The maximum atomic E-state index is 6.96. The number of furan rings is 1. The molecule has 0 fully saturated rings. The van der Waals surface area contributed by atoms with E-state index in [4.69, 9.17) is 16.0 Å². The predicted molar refractivity (Wildman–Crippen MR) is 271 cm³/mol. The molecule has 0 bridgehead atoms. The highest BCUT2D eigenvalue weighted by molar-refractivity contribution is 6.31. The molecule has 63 heavy (non-hydrogen) atoms. The predicted octanol–water partition coefficient (Wildman–Crippen LogP) is 18.1. The van der Waals surface area contributed by atoms with Crippen LogP contribution >= 0.6 is 11.6 Å². The molecule has 0 N–H and O–H groups in total. The van der Waals surface area contributed by atoms with Gasteiger partial charge in [-0.05, 0) is 154 Å². The zero-order valence-corrected chi connectivity index (χ0v) is 39.7. The van der Waals surface area contributed by atoms with Crippen LogP contribution in [0.4, 0.5) is 34.1 Å². The van der Waals surface area contributed by atoms with E-state index in [2.05, 4.69) is 219 Å². The van der Waals surface area contributed by atoms with Crippen LogP contribution in [0.25, 0.3) is 33.1 Å². The summed E-state index contributed by atoms with van der Waals surface area (Å²) in [5, 5.41) is 2.93. The van der Waals surface area contributed by atoms with Gasteiger partial charge in [-0.15, -0.1) is 0 Å². The fraction of sp³-hybridized carbons (Fsp3) is 0.288. The Bertz CT molecular complexity index is 3010. The fourth-order valence-electron chi connectivity index (χ4n) is 9.66. The molecule has 0 aliphatic heterocycles. The summed E-state index contributed by atoms with van der Waals surface area (Å²) in [7, 11) is 0. The van der Waals surface area contributed by atoms with Crippen LogP contribution in [0.15, 0.2) is 150 Å². The van der Waals surface area contributed by atoms with Gasteiger partial charge in [0.15, 0.2) is 5.58 Å². The van der Waals surface area contributed by atoms with Crippen molar-refractivity contribution in [2.24, 2.45) is 0 Å². The minimum absolute atomic E-state index is 0.00536. The van der Waals surface area contributed by atoms with E-state index in [0.717, 1.165) is 85.6 Å². The molecule has 1 heterocycles. The first kappa shape index (κ1) is 42.5. The first-order valence-electron chi connectivity index (χ1n) is 22.6. The Balaban J connectivity index is 1.32. The van der Waals surface area contributed by atoms with Crippen LogP contribution < -0.4 is 9.80 Å². The van der Waals surface area contributed by atoms with E-state index in [1.165, 1.54) is 22.3 Å². The summed E-state index contributed by atoms with van der Waals surface area (Å²) in [6.07, 6.45) is 2.29. The van der Waals surface area contributed by atoms with Gasteiger partial charge in [0, 0.05) is 44.1 Å². The second-order valence-electron chi connectivity index (χ2n) is 21.2. The lowest BCUT2D eigenvalue weighted by molar-refractivity contribution is 0.332. The molecule has 8 aromatic rings. The van der Waals surface area contributed by atoms with Crippen molar-refractivity contribution in [3.05, 3.63) is 178 Å². The van der Waals surface area contributed by atoms with E-state index in [1.54, 1.807) is 0 Å². The lowest BCUT2D eigenvalue weighted by Gasteiger charge is -2.42. The molecule has 0 atom stereocenters. The summed E-state index contributed by atoms with van der Waals surface area (Å²) in [6.45, 7) is 25.5. The lowest BCUT2D eigenvalue weighted by Crippen LogP contribution is -2.34. The zero-order valence-electron chi connectivity index (χ0n) is 39.0. The van der Waals surface area contributed by atoms with E-state index in [-0.39, 0.29) is 21.7 Å². The third-order valence-corrected chi connectivity index (χ3v) is 13.7. The van der Waals surface area contributed by atoms with Crippen molar-refractivity contribution in [3.8, 4) is 11.1 Å². The van der Waals surface area contributed by atoms with Crippen LogP contribution in [0.5, 0.6) is 0 Å². The molecule has 320 valence electrons. The van der Waals surface area contributed by atoms with Gasteiger partial charge in [0.2, 0.25) is 0 Å². The molecule has 1 aromatic heterocycles. The van der Waals surface area contributed by atoms with Crippen molar-refractivity contribution >= 4 is 67.7 Å². The van der Waals surface area contributed by atoms with Crippen molar-refractivity contribution in [1.82, 2.24) is 0 Å². The van der Waals surface area contributed by atoms with Crippen molar-refractivity contribution in [2.45, 2.75) is 111 Å². The highest BCUT2D eigenvalue weighted by atomic mass is 35.5. The molecule has 0 amide bonds. The number of nitrogens with zero attached hydrogens (tertiary/aromatic N) is 2. The smallest absolute Gasteiger partial charge is 0.159 e. The Kier molecular flexibility index (Phi) is 10.5. The first-order chi connectivity index (χ1) is 29.8. The Hall–Kier alpha value is -5.77. The molecule has 4 heteroatoms. The molecule has 3 nitrogen and oxygen atoms in total. The summed E-state index contributed by atoms with van der Waals surface area (Å²) >= 11 is 6.86. The Labute approximate surface area is 380 Å². The number of fused-ring (bicyclic) bond motifs is 4. The van der Waals surface area contributed by atoms with Gasteiger partial charge in [0.05, 0.1) is 11.4 Å². The average molecular weight is 850 g/mol. The molecule has 1 aliphatic rings. The van der Waals surface area contributed by atoms with E-state index >= 15 is 0 Å². The standard InChI is InChI=1S/C59H61ClN2O/c1-38-31-45(61(43-20-15-19-42(60)35-43)52-27-23-40(56(2,3)4)33-48(52)39-17-13-12-14-18-39)36-46(32-38)62(44-25-26-50-51(37-44)59(10,11)30-29-58(50,8)9)53-22-16-21-47-49-34-41(57(5,6)7)24-28-54(49)63-55(47)53/h12-28,31-37H,29-30H2,1-11H3. The topological polar surface area (TPSA) is 19.6 Å². The molecular formula is C59H61ClN2O. The summed E-state index contributed by atoms with van der Waals surface area (Å²) in [5.41, 5.74) is 16.9. The minimum Gasteiger partial charge on any atom is -0.454 e. The van der Waals surface area contributed by atoms with Gasteiger partial charge in [0.25, 0.3) is 0 Å².